The van der Waals surface area contributed by atoms with Crippen molar-refractivity contribution >= 4 is 46.5 Å². The van der Waals surface area contributed by atoms with E-state index in [4.69, 9.17) is 11.6 Å². The first kappa shape index (κ1) is 25.6. The third-order valence-electron chi connectivity index (χ3n) is 5.62. The number of carbonyl (C=O) groups excluding carboxylic acids is 2. The summed E-state index contributed by atoms with van der Waals surface area (Å²) in [6.45, 7) is 2.74. The number of amides is 2. The van der Waals surface area contributed by atoms with Gasteiger partial charge in [0, 0.05) is 43.3 Å². The summed E-state index contributed by atoms with van der Waals surface area (Å²) in [5.41, 5.74) is 1.04. The fourth-order valence-corrected chi connectivity index (χ4v) is 4.12. The number of alkyl halides is 3. The highest BCUT2D eigenvalue weighted by Gasteiger charge is 2.37. The van der Waals surface area contributed by atoms with Crippen LogP contribution in [0.1, 0.15) is 31.7 Å². The predicted molar refractivity (Wildman–Crippen MR) is 127 cm³/mol. The summed E-state index contributed by atoms with van der Waals surface area (Å²) < 4.78 is 38.3. The van der Waals surface area contributed by atoms with Crippen molar-refractivity contribution in [3.05, 3.63) is 40.9 Å². The molecule has 0 aromatic carbocycles. The number of anilines is 1. The minimum atomic E-state index is -4.57. The van der Waals surface area contributed by atoms with Crippen molar-refractivity contribution in [2.75, 3.05) is 31.1 Å². The molecule has 2 aliphatic heterocycles. The molecule has 190 valence electrons. The smallest absolute Gasteiger partial charge is 0.345 e. The molecule has 0 spiro atoms. The van der Waals surface area contributed by atoms with Crippen LogP contribution in [0.5, 0.6) is 0 Å². The number of pyridine rings is 1. The van der Waals surface area contributed by atoms with E-state index in [2.05, 4.69) is 25.8 Å². The zero-order valence-corrected chi connectivity index (χ0v) is 20.3. The molecule has 4 rings (SSSR count). The number of halogens is 4. The molecular weight excluding hydrogens is 499 g/mol. The molecule has 0 bridgehead atoms. The lowest BCUT2D eigenvalue weighted by atomic mass is 10.1. The zero-order chi connectivity index (χ0) is 26.0. The van der Waals surface area contributed by atoms with E-state index in [-0.39, 0.29) is 37.2 Å². The second-order valence-electron chi connectivity index (χ2n) is 8.84. The van der Waals surface area contributed by atoms with E-state index >= 15 is 0 Å². The van der Waals surface area contributed by atoms with Crippen LogP contribution >= 0.6 is 11.6 Å². The predicted octanol–water partition coefficient (Wildman–Crippen LogP) is 3.01. The van der Waals surface area contributed by atoms with Crippen LogP contribution in [0.4, 0.5) is 24.8 Å². The first-order chi connectivity index (χ1) is 17.0. The normalized spacial score (nSPS) is 17.3. The molecule has 2 aromatic heterocycles. The topological polar surface area (TPSA) is 104 Å². The molecule has 13 heteroatoms. The van der Waals surface area contributed by atoms with Crippen molar-refractivity contribution in [1.29, 1.82) is 0 Å². The van der Waals surface area contributed by atoms with Gasteiger partial charge in [0.15, 0.2) is 11.6 Å². The average Bonchev–Trinajstić information content (AvgIpc) is 3.24. The molecule has 9 nitrogen and oxygen atoms in total. The van der Waals surface area contributed by atoms with Gasteiger partial charge in [-0.2, -0.15) is 18.2 Å². The summed E-state index contributed by atoms with van der Waals surface area (Å²) in [5.74, 6) is 2.89. The largest absolute Gasteiger partial charge is 0.405 e. The Morgan fingerprint density at radius 2 is 2.06 bits per heavy atom. The van der Waals surface area contributed by atoms with Crippen molar-refractivity contribution in [2.24, 2.45) is 10.9 Å². The maximum Gasteiger partial charge on any atom is 0.405 e. The fourth-order valence-electron chi connectivity index (χ4n) is 3.97. The third kappa shape index (κ3) is 5.83. The first-order valence-electron chi connectivity index (χ1n) is 11.2. The number of hydrogen-bond donors (Lipinski definition) is 1. The van der Waals surface area contributed by atoms with Crippen molar-refractivity contribution in [3.63, 3.8) is 0 Å². The maximum atomic E-state index is 12.9. The second-order valence-corrected chi connectivity index (χ2v) is 9.28. The van der Waals surface area contributed by atoms with Crippen LogP contribution in [0.25, 0.3) is 5.57 Å². The van der Waals surface area contributed by atoms with Crippen molar-refractivity contribution in [3.8, 4) is 0 Å². The molecule has 1 N–H and O–H groups in total. The molecule has 4 heterocycles. The van der Waals surface area contributed by atoms with Crippen LogP contribution in [0.3, 0.4) is 0 Å². The summed E-state index contributed by atoms with van der Waals surface area (Å²) in [4.78, 5) is 45.7. The lowest BCUT2D eigenvalue weighted by Gasteiger charge is -2.41. The van der Waals surface area contributed by atoms with Gasteiger partial charge in [0.2, 0.25) is 11.8 Å². The molecule has 0 radical (unpaired) electrons. The highest BCUT2D eigenvalue weighted by molar-refractivity contribution is 6.30. The Hall–Kier alpha value is -3.50. The van der Waals surface area contributed by atoms with Gasteiger partial charge >= 0.3 is 6.18 Å². The summed E-state index contributed by atoms with van der Waals surface area (Å²) in [6.07, 6.45) is -1.36. The summed E-state index contributed by atoms with van der Waals surface area (Å²) in [7, 11) is 0. The highest BCUT2D eigenvalue weighted by Crippen LogP contribution is 2.33. The number of aromatic nitrogens is 3. The number of nitrogens with zero attached hydrogens (tertiary/aromatic N) is 6. The lowest BCUT2D eigenvalue weighted by molar-refractivity contribution is -0.141. The van der Waals surface area contributed by atoms with E-state index in [1.54, 1.807) is 17.0 Å². The minimum Gasteiger partial charge on any atom is -0.345 e. The Labute approximate surface area is 210 Å². The molecule has 0 aliphatic carbocycles. The number of aliphatic imine (C=N–C) groups is 1. The quantitative estimate of drug-likeness (QED) is 0.535. The zero-order valence-electron chi connectivity index (χ0n) is 19.5. The van der Waals surface area contributed by atoms with Crippen LogP contribution in [0.15, 0.2) is 29.5 Å². The maximum absolute atomic E-state index is 12.9. The molecule has 2 aromatic rings. The molecular formula is C23H23ClF3N7O2. The molecule has 0 unspecified atom stereocenters. The Kier molecular flexibility index (Phi) is 7.28. The summed E-state index contributed by atoms with van der Waals surface area (Å²) in [5, 5.41) is 2.33. The van der Waals surface area contributed by atoms with E-state index in [9.17, 15) is 22.8 Å². The molecule has 2 aliphatic rings. The van der Waals surface area contributed by atoms with E-state index < -0.39 is 24.7 Å². The molecule has 2 amide bonds. The van der Waals surface area contributed by atoms with E-state index in [0.29, 0.717) is 34.3 Å². The Morgan fingerprint density at radius 1 is 1.28 bits per heavy atom. The van der Waals surface area contributed by atoms with Crippen molar-refractivity contribution < 1.29 is 22.8 Å². The third-order valence-corrected chi connectivity index (χ3v) is 5.82. The average molecular weight is 522 g/mol. The lowest BCUT2D eigenvalue weighted by Crippen LogP contribution is -2.61. The van der Waals surface area contributed by atoms with Crippen LogP contribution in [-0.2, 0) is 9.59 Å². The minimum absolute atomic E-state index is 0.0684. The Bertz CT molecular complexity index is 1240. The van der Waals surface area contributed by atoms with E-state index in [1.165, 1.54) is 17.3 Å². The number of piperazine rings is 1. The van der Waals surface area contributed by atoms with E-state index in [0.717, 1.165) is 0 Å². The van der Waals surface area contributed by atoms with Gasteiger partial charge in [-0.15, -0.1) is 0 Å². The summed E-state index contributed by atoms with van der Waals surface area (Å²) in [6, 6.07) is 2.14. The van der Waals surface area contributed by atoms with Crippen LogP contribution < -0.4 is 10.2 Å². The van der Waals surface area contributed by atoms with Crippen molar-refractivity contribution in [1.82, 2.24) is 25.2 Å². The molecule has 1 atom stereocenters. The van der Waals surface area contributed by atoms with Crippen LogP contribution in [0, 0.1) is 5.92 Å². The van der Waals surface area contributed by atoms with Crippen LogP contribution in [0.2, 0.25) is 5.02 Å². The number of carbonyl (C=O) groups is 2. The second kappa shape index (κ2) is 10.2. The monoisotopic (exact) mass is 521 g/mol. The highest BCUT2D eigenvalue weighted by atomic mass is 35.5. The molecule has 1 fully saturated rings. The number of nitrogens with one attached hydrogen (secondary N) is 1. The Morgan fingerprint density at radius 3 is 2.78 bits per heavy atom. The van der Waals surface area contributed by atoms with Gasteiger partial charge in [-0.1, -0.05) is 25.4 Å². The molecule has 0 saturated carbocycles. The number of fused-ring (bicyclic) bond motifs is 1. The van der Waals surface area contributed by atoms with Gasteiger partial charge in [0.05, 0.1) is 17.1 Å². The van der Waals surface area contributed by atoms with E-state index in [1.807, 2.05) is 19.2 Å². The van der Waals surface area contributed by atoms with Gasteiger partial charge in [0.1, 0.15) is 18.4 Å². The Balaban J connectivity index is 1.62. The molecule has 1 saturated heterocycles. The van der Waals surface area contributed by atoms with Gasteiger partial charge in [-0.3, -0.25) is 9.59 Å². The van der Waals surface area contributed by atoms with Crippen LogP contribution in [-0.4, -0.2) is 75.9 Å². The van der Waals surface area contributed by atoms with Crippen molar-refractivity contribution in [2.45, 2.75) is 32.5 Å². The van der Waals surface area contributed by atoms with Gasteiger partial charge in [-0.05, 0) is 18.1 Å². The first-order valence-corrected chi connectivity index (χ1v) is 11.6. The molecule has 36 heavy (non-hydrogen) atoms. The van der Waals surface area contributed by atoms with Gasteiger partial charge in [-0.25, -0.2) is 15.0 Å². The standard InChI is InChI=1S/C23H23ClF3N7O2/c1-13(2)7-19(35)33-5-6-34(17(11-33)22(36)31-12-23(25,26)27)18-3-4-28-21(32-18)16-10-30-20-15(16)8-14(24)9-29-20/h3-4,8-9,13,17H,5-7,11-12H2,1-2H3,(H,31,36)/t17-/m1/s1. The van der Waals surface area contributed by atoms with Gasteiger partial charge in [0.25, 0.3) is 0 Å². The fraction of sp³-hybridized carbons (Fsp3) is 0.435. The van der Waals surface area contributed by atoms with Gasteiger partial charge < -0.3 is 15.1 Å². The number of rotatable bonds is 6. The SMILES string of the molecule is CC(C)CC(=O)N1CCN(c2ccnc(C3=C=Nc4ncc(Cl)cc43)n2)[C@@H](C(=O)NCC(F)(F)F)C1. The number of hydrogen-bond acceptors (Lipinski definition) is 7. The summed E-state index contributed by atoms with van der Waals surface area (Å²) >= 11 is 6.06.